The molecule has 0 amide bonds. The van der Waals surface area contributed by atoms with Crippen LogP contribution in [0.15, 0.2) is 24.5 Å². The van der Waals surface area contributed by atoms with Gasteiger partial charge in [0.05, 0.1) is 12.5 Å². The third kappa shape index (κ3) is 3.37. The molecule has 0 bridgehead atoms. The Morgan fingerprint density at radius 2 is 2.05 bits per heavy atom. The number of rotatable bonds is 4. The maximum absolute atomic E-state index is 12.1. The van der Waals surface area contributed by atoms with Crippen molar-refractivity contribution < 1.29 is 9.53 Å². The van der Waals surface area contributed by atoms with Gasteiger partial charge in [0.15, 0.2) is 0 Å². The molecule has 0 saturated carbocycles. The first-order valence-corrected chi connectivity index (χ1v) is 7.44. The number of aromatic nitrogens is 1. The van der Waals surface area contributed by atoms with Gasteiger partial charge in [-0.15, -0.1) is 0 Å². The van der Waals surface area contributed by atoms with E-state index in [1.54, 1.807) is 0 Å². The second kappa shape index (κ2) is 6.84. The first-order valence-electron chi connectivity index (χ1n) is 7.44. The number of esters is 1. The summed E-state index contributed by atoms with van der Waals surface area (Å²) in [6, 6.07) is 4.77. The van der Waals surface area contributed by atoms with Gasteiger partial charge in [-0.25, -0.2) is 0 Å². The Balaban J connectivity index is 2.08. The lowest BCUT2D eigenvalue weighted by Crippen LogP contribution is -2.50. The summed E-state index contributed by atoms with van der Waals surface area (Å²) in [7, 11) is 0. The van der Waals surface area contributed by atoms with E-state index in [0.29, 0.717) is 12.6 Å². The normalized spacial score (nSPS) is 27.2. The quantitative estimate of drug-likeness (QED) is 0.793. The molecule has 1 fully saturated rings. The SMILES string of the molecule is CCOC(=O)[C@@H]1CC[C@H](C)N(Cc2ccncc2)[C@@H]1C. The maximum atomic E-state index is 12.1. The van der Waals surface area contributed by atoms with Crippen LogP contribution in [-0.2, 0) is 16.1 Å². The standard InChI is InChI=1S/C16H24N2O2/c1-4-20-16(19)15-6-5-12(2)18(13(15)3)11-14-7-9-17-10-8-14/h7-10,12-13,15H,4-6,11H2,1-3H3/t12-,13+,15+/m0/s1. The number of piperidine rings is 1. The molecule has 4 heteroatoms. The lowest BCUT2D eigenvalue weighted by molar-refractivity contribution is -0.153. The molecule has 1 aliphatic heterocycles. The van der Waals surface area contributed by atoms with E-state index in [9.17, 15) is 4.79 Å². The number of nitrogens with zero attached hydrogens (tertiary/aromatic N) is 2. The molecule has 1 aromatic rings. The summed E-state index contributed by atoms with van der Waals surface area (Å²) in [6.45, 7) is 7.56. The van der Waals surface area contributed by atoms with Gasteiger partial charge in [0.25, 0.3) is 0 Å². The topological polar surface area (TPSA) is 42.4 Å². The summed E-state index contributed by atoms with van der Waals surface area (Å²) >= 11 is 0. The number of pyridine rings is 1. The van der Waals surface area contributed by atoms with E-state index in [2.05, 4.69) is 23.7 Å². The first kappa shape index (κ1) is 15.0. The van der Waals surface area contributed by atoms with Crippen molar-refractivity contribution in [1.29, 1.82) is 0 Å². The Kier molecular flexibility index (Phi) is 5.12. The fraction of sp³-hybridized carbons (Fsp3) is 0.625. The Morgan fingerprint density at radius 3 is 2.70 bits per heavy atom. The van der Waals surface area contributed by atoms with Crippen molar-refractivity contribution >= 4 is 5.97 Å². The number of hydrogen-bond donors (Lipinski definition) is 0. The van der Waals surface area contributed by atoms with Crippen LogP contribution in [0.25, 0.3) is 0 Å². The highest BCUT2D eigenvalue weighted by atomic mass is 16.5. The van der Waals surface area contributed by atoms with Gasteiger partial charge in [0.2, 0.25) is 0 Å². The fourth-order valence-corrected chi connectivity index (χ4v) is 3.02. The second-order valence-corrected chi connectivity index (χ2v) is 5.55. The van der Waals surface area contributed by atoms with E-state index >= 15 is 0 Å². The molecule has 0 spiro atoms. The zero-order valence-electron chi connectivity index (χ0n) is 12.6. The summed E-state index contributed by atoms with van der Waals surface area (Å²) in [5.41, 5.74) is 1.24. The molecule has 2 rings (SSSR count). The number of likely N-dealkylation sites (tertiary alicyclic amines) is 1. The van der Waals surface area contributed by atoms with Crippen LogP contribution in [0.3, 0.4) is 0 Å². The minimum atomic E-state index is -0.0494. The molecule has 0 N–H and O–H groups in total. The van der Waals surface area contributed by atoms with Crippen molar-refractivity contribution in [2.24, 2.45) is 5.92 Å². The smallest absolute Gasteiger partial charge is 0.310 e. The summed E-state index contributed by atoms with van der Waals surface area (Å²) in [4.78, 5) is 18.5. The highest BCUT2D eigenvalue weighted by Gasteiger charge is 2.37. The third-order valence-corrected chi connectivity index (χ3v) is 4.27. The van der Waals surface area contributed by atoms with Gasteiger partial charge in [-0.1, -0.05) is 0 Å². The predicted octanol–water partition coefficient (Wildman–Crippen LogP) is 2.63. The van der Waals surface area contributed by atoms with Gasteiger partial charge in [-0.3, -0.25) is 14.7 Å². The van der Waals surface area contributed by atoms with Crippen molar-refractivity contribution in [3.05, 3.63) is 30.1 Å². The molecule has 0 radical (unpaired) electrons. The Bertz CT molecular complexity index is 435. The Hall–Kier alpha value is -1.42. The molecule has 110 valence electrons. The monoisotopic (exact) mass is 276 g/mol. The number of carbonyl (C=O) groups is 1. The zero-order chi connectivity index (χ0) is 14.5. The maximum Gasteiger partial charge on any atom is 0.310 e. The van der Waals surface area contributed by atoms with E-state index in [-0.39, 0.29) is 17.9 Å². The summed E-state index contributed by atoms with van der Waals surface area (Å²) < 4.78 is 5.21. The van der Waals surface area contributed by atoms with Crippen LogP contribution in [0.2, 0.25) is 0 Å². The second-order valence-electron chi connectivity index (χ2n) is 5.55. The minimum absolute atomic E-state index is 0.00649. The average molecular weight is 276 g/mol. The molecule has 4 nitrogen and oxygen atoms in total. The van der Waals surface area contributed by atoms with Crippen molar-refractivity contribution in [2.75, 3.05) is 6.61 Å². The van der Waals surface area contributed by atoms with Crippen LogP contribution < -0.4 is 0 Å². The average Bonchev–Trinajstić information content (AvgIpc) is 2.45. The molecule has 1 aromatic heterocycles. The van der Waals surface area contributed by atoms with Gasteiger partial charge in [0.1, 0.15) is 0 Å². The van der Waals surface area contributed by atoms with E-state index in [1.165, 1.54) is 5.56 Å². The van der Waals surface area contributed by atoms with Crippen LogP contribution in [0, 0.1) is 5.92 Å². The van der Waals surface area contributed by atoms with E-state index in [4.69, 9.17) is 4.74 Å². The fourth-order valence-electron chi connectivity index (χ4n) is 3.02. The molecule has 1 aliphatic rings. The molecule has 0 aliphatic carbocycles. The van der Waals surface area contributed by atoms with Crippen molar-refractivity contribution in [3.63, 3.8) is 0 Å². The molecular weight excluding hydrogens is 252 g/mol. The van der Waals surface area contributed by atoms with Gasteiger partial charge in [0, 0.05) is 31.0 Å². The van der Waals surface area contributed by atoms with Crippen molar-refractivity contribution in [2.45, 2.75) is 52.2 Å². The van der Waals surface area contributed by atoms with E-state index < -0.39 is 0 Å². The van der Waals surface area contributed by atoms with Crippen molar-refractivity contribution in [1.82, 2.24) is 9.88 Å². The number of ether oxygens (including phenoxy) is 1. The van der Waals surface area contributed by atoms with Gasteiger partial charge >= 0.3 is 5.97 Å². The number of hydrogen-bond acceptors (Lipinski definition) is 4. The summed E-state index contributed by atoms with van der Waals surface area (Å²) in [5, 5.41) is 0. The lowest BCUT2D eigenvalue weighted by Gasteiger charge is -2.42. The largest absolute Gasteiger partial charge is 0.466 e. The molecule has 2 heterocycles. The summed E-state index contributed by atoms with van der Waals surface area (Å²) in [6.07, 6.45) is 5.60. The molecule has 3 atom stereocenters. The highest BCUT2D eigenvalue weighted by molar-refractivity contribution is 5.73. The Morgan fingerprint density at radius 1 is 1.35 bits per heavy atom. The summed E-state index contributed by atoms with van der Waals surface area (Å²) in [5.74, 6) is -0.0559. The van der Waals surface area contributed by atoms with E-state index in [0.717, 1.165) is 19.4 Å². The molecule has 0 unspecified atom stereocenters. The van der Waals surface area contributed by atoms with Gasteiger partial charge in [-0.05, 0) is 51.3 Å². The zero-order valence-corrected chi connectivity index (χ0v) is 12.6. The van der Waals surface area contributed by atoms with Gasteiger partial charge < -0.3 is 4.74 Å². The van der Waals surface area contributed by atoms with Crippen molar-refractivity contribution in [3.8, 4) is 0 Å². The number of carbonyl (C=O) groups excluding carboxylic acids is 1. The molecule has 1 saturated heterocycles. The highest BCUT2D eigenvalue weighted by Crippen LogP contribution is 2.30. The van der Waals surface area contributed by atoms with E-state index in [1.807, 2.05) is 31.5 Å². The van der Waals surface area contributed by atoms with Crippen LogP contribution in [0.5, 0.6) is 0 Å². The van der Waals surface area contributed by atoms with Crippen LogP contribution >= 0.6 is 0 Å². The molecular formula is C16H24N2O2. The minimum Gasteiger partial charge on any atom is -0.466 e. The Labute approximate surface area is 121 Å². The predicted molar refractivity (Wildman–Crippen MR) is 78.1 cm³/mol. The van der Waals surface area contributed by atoms with Crippen LogP contribution in [0.1, 0.15) is 39.2 Å². The molecule has 0 aromatic carbocycles. The third-order valence-electron chi connectivity index (χ3n) is 4.27. The van der Waals surface area contributed by atoms with Crippen LogP contribution in [-0.4, -0.2) is 34.5 Å². The van der Waals surface area contributed by atoms with Crippen LogP contribution in [0.4, 0.5) is 0 Å². The molecule has 20 heavy (non-hydrogen) atoms. The van der Waals surface area contributed by atoms with Gasteiger partial charge in [-0.2, -0.15) is 0 Å². The lowest BCUT2D eigenvalue weighted by atomic mass is 9.86. The first-order chi connectivity index (χ1) is 9.63.